The van der Waals surface area contributed by atoms with Crippen LogP contribution < -0.4 is 10.6 Å². The van der Waals surface area contributed by atoms with Gasteiger partial charge in [0.15, 0.2) is 5.82 Å². The number of aromatic nitrogens is 2. The minimum atomic E-state index is 0.665. The molecule has 1 aliphatic rings. The molecule has 0 atom stereocenters. The average molecular weight is 276 g/mol. The molecule has 1 fully saturated rings. The van der Waals surface area contributed by atoms with Gasteiger partial charge in [0.05, 0.1) is 5.69 Å². The van der Waals surface area contributed by atoms with Gasteiger partial charge in [-0.3, -0.25) is 0 Å². The molecule has 0 radical (unpaired) electrons. The molecule has 2 N–H and O–H groups in total. The summed E-state index contributed by atoms with van der Waals surface area (Å²) in [5.74, 6) is 3.59. The summed E-state index contributed by atoms with van der Waals surface area (Å²) in [5, 5.41) is 0. The lowest BCUT2D eigenvalue weighted by atomic mass is 10.2. The third kappa shape index (κ3) is 2.58. The highest BCUT2D eigenvalue weighted by atomic mass is 32.2. The van der Waals surface area contributed by atoms with Crippen molar-refractivity contribution in [2.45, 2.75) is 12.8 Å². The lowest BCUT2D eigenvalue weighted by Crippen LogP contribution is -2.27. The maximum Gasteiger partial charge on any atom is 0.151 e. The van der Waals surface area contributed by atoms with Crippen molar-refractivity contribution in [2.24, 2.45) is 5.73 Å². The molecule has 3 heterocycles. The highest BCUT2D eigenvalue weighted by Crippen LogP contribution is 2.24. The molecule has 0 amide bonds. The molecule has 0 unspecified atom stereocenters. The maximum atomic E-state index is 5.78. The SMILES string of the molecule is NCCc1c(N2CCCSCC2)nc2ccccn12. The Balaban J connectivity index is 2.02. The second-order valence-electron chi connectivity index (χ2n) is 4.80. The third-order valence-electron chi connectivity index (χ3n) is 3.51. The van der Waals surface area contributed by atoms with Gasteiger partial charge in [0, 0.05) is 31.5 Å². The number of hydrogen-bond donors (Lipinski definition) is 1. The molecule has 0 aliphatic carbocycles. The van der Waals surface area contributed by atoms with Gasteiger partial charge in [0.2, 0.25) is 0 Å². The summed E-state index contributed by atoms with van der Waals surface area (Å²) in [7, 11) is 0. The monoisotopic (exact) mass is 276 g/mol. The Morgan fingerprint density at radius 1 is 1.26 bits per heavy atom. The van der Waals surface area contributed by atoms with Gasteiger partial charge in [0.1, 0.15) is 5.65 Å². The van der Waals surface area contributed by atoms with Gasteiger partial charge in [-0.05, 0) is 30.9 Å². The van der Waals surface area contributed by atoms with Crippen LogP contribution in [0, 0.1) is 0 Å². The number of rotatable bonds is 3. The van der Waals surface area contributed by atoms with Crippen LogP contribution in [-0.2, 0) is 6.42 Å². The first-order chi connectivity index (χ1) is 9.40. The molecule has 1 saturated heterocycles. The van der Waals surface area contributed by atoms with E-state index >= 15 is 0 Å². The molecule has 3 rings (SSSR count). The van der Waals surface area contributed by atoms with E-state index in [0.29, 0.717) is 6.54 Å². The molecule has 1 aliphatic heterocycles. The number of pyridine rings is 1. The molecule has 19 heavy (non-hydrogen) atoms. The topological polar surface area (TPSA) is 46.6 Å². The Morgan fingerprint density at radius 2 is 2.21 bits per heavy atom. The zero-order chi connectivity index (χ0) is 13.1. The van der Waals surface area contributed by atoms with Gasteiger partial charge in [-0.25, -0.2) is 4.98 Å². The Morgan fingerprint density at radius 3 is 3.11 bits per heavy atom. The van der Waals surface area contributed by atoms with Crippen molar-refractivity contribution in [3.05, 3.63) is 30.1 Å². The van der Waals surface area contributed by atoms with Crippen LogP contribution in [0.5, 0.6) is 0 Å². The predicted molar refractivity (Wildman–Crippen MR) is 82.1 cm³/mol. The summed E-state index contributed by atoms with van der Waals surface area (Å²) < 4.78 is 2.18. The molecule has 4 nitrogen and oxygen atoms in total. The second-order valence-corrected chi connectivity index (χ2v) is 6.03. The van der Waals surface area contributed by atoms with E-state index in [-0.39, 0.29) is 0 Å². The summed E-state index contributed by atoms with van der Waals surface area (Å²) in [4.78, 5) is 7.25. The largest absolute Gasteiger partial charge is 0.354 e. The smallest absolute Gasteiger partial charge is 0.151 e. The molecule has 102 valence electrons. The van der Waals surface area contributed by atoms with E-state index in [1.54, 1.807) is 0 Å². The van der Waals surface area contributed by atoms with Crippen molar-refractivity contribution < 1.29 is 0 Å². The Bertz CT molecular complexity index is 543. The Kier molecular flexibility index (Phi) is 3.94. The zero-order valence-corrected chi connectivity index (χ0v) is 11.9. The van der Waals surface area contributed by atoms with E-state index in [1.165, 1.54) is 23.6 Å². The fourth-order valence-electron chi connectivity index (χ4n) is 2.61. The summed E-state index contributed by atoms with van der Waals surface area (Å²) in [6, 6.07) is 6.16. The molecule has 2 aromatic rings. The first-order valence-corrected chi connectivity index (χ1v) is 8.04. The zero-order valence-electron chi connectivity index (χ0n) is 11.1. The van der Waals surface area contributed by atoms with Gasteiger partial charge in [-0.2, -0.15) is 11.8 Å². The lowest BCUT2D eigenvalue weighted by molar-refractivity contribution is 0.790. The summed E-state index contributed by atoms with van der Waals surface area (Å²) in [6.45, 7) is 2.86. The van der Waals surface area contributed by atoms with E-state index < -0.39 is 0 Å². The van der Waals surface area contributed by atoms with Crippen molar-refractivity contribution in [2.75, 3.05) is 36.0 Å². The van der Waals surface area contributed by atoms with E-state index in [1.807, 2.05) is 17.8 Å². The van der Waals surface area contributed by atoms with Crippen LogP contribution in [0.15, 0.2) is 24.4 Å². The second kappa shape index (κ2) is 5.84. The standard InChI is InChI=1S/C14H20N4S/c15-6-5-12-14(17-7-3-10-19-11-9-17)16-13-4-1-2-8-18(12)13/h1-2,4,8H,3,5-7,9-11,15H2. The number of anilines is 1. The van der Waals surface area contributed by atoms with Crippen LogP contribution in [0.25, 0.3) is 5.65 Å². The maximum absolute atomic E-state index is 5.78. The number of imidazole rings is 1. The van der Waals surface area contributed by atoms with Crippen molar-refractivity contribution in [1.29, 1.82) is 0 Å². The molecular formula is C14H20N4S. The van der Waals surface area contributed by atoms with Gasteiger partial charge in [-0.15, -0.1) is 0 Å². The summed E-state index contributed by atoms with van der Waals surface area (Å²) in [6.07, 6.45) is 4.20. The Hall–Kier alpha value is -1.20. The fourth-order valence-corrected chi connectivity index (χ4v) is 3.50. The lowest BCUT2D eigenvalue weighted by Gasteiger charge is -2.21. The van der Waals surface area contributed by atoms with E-state index in [2.05, 4.69) is 27.6 Å². The normalized spacial score (nSPS) is 16.8. The van der Waals surface area contributed by atoms with Gasteiger partial charge in [0.25, 0.3) is 0 Å². The number of thioether (sulfide) groups is 1. The predicted octanol–water partition coefficient (Wildman–Crippen LogP) is 1.78. The van der Waals surface area contributed by atoms with Crippen molar-refractivity contribution >= 4 is 23.2 Å². The van der Waals surface area contributed by atoms with E-state index in [0.717, 1.165) is 31.0 Å². The fraction of sp³-hybridized carbons (Fsp3) is 0.500. The van der Waals surface area contributed by atoms with Crippen molar-refractivity contribution in [1.82, 2.24) is 9.38 Å². The van der Waals surface area contributed by atoms with Gasteiger partial charge < -0.3 is 15.0 Å². The molecule has 0 spiro atoms. The number of nitrogens with two attached hydrogens (primary N) is 1. The highest BCUT2D eigenvalue weighted by Gasteiger charge is 2.18. The van der Waals surface area contributed by atoms with Crippen molar-refractivity contribution in [3.63, 3.8) is 0 Å². The molecule has 2 aromatic heterocycles. The first-order valence-electron chi connectivity index (χ1n) is 6.89. The summed E-state index contributed by atoms with van der Waals surface area (Å²) in [5.41, 5.74) is 8.06. The van der Waals surface area contributed by atoms with Crippen LogP contribution in [0.4, 0.5) is 5.82 Å². The van der Waals surface area contributed by atoms with Crippen LogP contribution in [0.2, 0.25) is 0 Å². The van der Waals surface area contributed by atoms with E-state index in [4.69, 9.17) is 10.7 Å². The van der Waals surface area contributed by atoms with Gasteiger partial charge >= 0.3 is 0 Å². The average Bonchev–Trinajstić information content (AvgIpc) is 2.64. The molecule has 0 saturated carbocycles. The van der Waals surface area contributed by atoms with E-state index in [9.17, 15) is 0 Å². The highest BCUT2D eigenvalue weighted by molar-refractivity contribution is 7.99. The number of fused-ring (bicyclic) bond motifs is 1. The van der Waals surface area contributed by atoms with Crippen molar-refractivity contribution in [3.8, 4) is 0 Å². The quantitative estimate of drug-likeness (QED) is 0.928. The first kappa shape index (κ1) is 12.8. The number of hydrogen-bond acceptors (Lipinski definition) is 4. The summed E-state index contributed by atoms with van der Waals surface area (Å²) >= 11 is 2.04. The van der Waals surface area contributed by atoms with Crippen LogP contribution in [0.1, 0.15) is 12.1 Å². The molecular weight excluding hydrogens is 256 g/mol. The van der Waals surface area contributed by atoms with Crippen LogP contribution in [-0.4, -0.2) is 40.5 Å². The molecule has 0 aromatic carbocycles. The number of nitrogens with zero attached hydrogens (tertiary/aromatic N) is 3. The minimum absolute atomic E-state index is 0.665. The van der Waals surface area contributed by atoms with Crippen LogP contribution in [0.3, 0.4) is 0 Å². The van der Waals surface area contributed by atoms with Gasteiger partial charge in [-0.1, -0.05) is 6.07 Å². The minimum Gasteiger partial charge on any atom is -0.354 e. The van der Waals surface area contributed by atoms with Crippen LogP contribution >= 0.6 is 11.8 Å². The molecule has 5 heteroatoms. The molecule has 0 bridgehead atoms. The third-order valence-corrected chi connectivity index (χ3v) is 4.56. The Labute approximate surface area is 118 Å².